The van der Waals surface area contributed by atoms with Crippen molar-refractivity contribution in [2.45, 2.75) is 20.0 Å². The van der Waals surface area contributed by atoms with Gasteiger partial charge in [-0.15, -0.1) is 0 Å². The number of nitrogens with one attached hydrogen (secondary N) is 1. The summed E-state index contributed by atoms with van der Waals surface area (Å²) in [5.41, 5.74) is 3.11. The van der Waals surface area contributed by atoms with Crippen molar-refractivity contribution in [3.8, 4) is 5.75 Å². The summed E-state index contributed by atoms with van der Waals surface area (Å²) < 4.78 is 5.09. The molecule has 21 heavy (non-hydrogen) atoms. The van der Waals surface area contributed by atoms with E-state index >= 15 is 0 Å². The Morgan fingerprint density at radius 2 is 2.14 bits per heavy atom. The molecule has 0 aliphatic carbocycles. The van der Waals surface area contributed by atoms with E-state index in [4.69, 9.17) is 4.74 Å². The SMILES string of the molecule is COc1cc(CNCc2ccncc2C)cc([N+](=O)[O-])c1. The standard InChI is InChI=1S/C15H17N3O3/c1-11-8-16-4-3-13(11)10-17-9-12-5-14(18(19)20)7-15(6-12)21-2/h3-8,17H,9-10H2,1-2H3. The van der Waals surface area contributed by atoms with Gasteiger partial charge in [0.15, 0.2) is 0 Å². The summed E-state index contributed by atoms with van der Waals surface area (Å²) in [7, 11) is 1.50. The van der Waals surface area contributed by atoms with E-state index in [9.17, 15) is 10.1 Å². The normalized spacial score (nSPS) is 10.4. The molecule has 1 heterocycles. The van der Waals surface area contributed by atoms with Gasteiger partial charge < -0.3 is 10.1 Å². The number of hydrogen-bond acceptors (Lipinski definition) is 5. The average molecular weight is 287 g/mol. The molecular weight excluding hydrogens is 270 g/mol. The highest BCUT2D eigenvalue weighted by Crippen LogP contribution is 2.22. The van der Waals surface area contributed by atoms with Crippen LogP contribution in [0.25, 0.3) is 0 Å². The van der Waals surface area contributed by atoms with Crippen LogP contribution in [0, 0.1) is 17.0 Å². The maximum Gasteiger partial charge on any atom is 0.273 e. The van der Waals surface area contributed by atoms with Crippen molar-refractivity contribution in [3.63, 3.8) is 0 Å². The van der Waals surface area contributed by atoms with E-state index in [1.165, 1.54) is 13.2 Å². The van der Waals surface area contributed by atoms with Crippen LogP contribution in [0.3, 0.4) is 0 Å². The summed E-state index contributed by atoms with van der Waals surface area (Å²) in [5.74, 6) is 0.487. The Morgan fingerprint density at radius 3 is 2.81 bits per heavy atom. The molecule has 0 aliphatic rings. The summed E-state index contributed by atoms with van der Waals surface area (Å²) in [6, 6.07) is 6.71. The number of nitro benzene ring substituents is 1. The lowest BCUT2D eigenvalue weighted by Crippen LogP contribution is -2.13. The Labute approximate surface area is 122 Å². The first-order valence-corrected chi connectivity index (χ1v) is 6.52. The lowest BCUT2D eigenvalue weighted by molar-refractivity contribution is -0.385. The number of benzene rings is 1. The molecule has 0 amide bonds. The molecule has 0 atom stereocenters. The van der Waals surface area contributed by atoms with Gasteiger partial charge in [0.05, 0.1) is 18.1 Å². The van der Waals surface area contributed by atoms with Crippen molar-refractivity contribution >= 4 is 5.69 Å². The van der Waals surface area contributed by atoms with Crippen molar-refractivity contribution in [3.05, 3.63) is 63.5 Å². The van der Waals surface area contributed by atoms with Crippen molar-refractivity contribution < 1.29 is 9.66 Å². The summed E-state index contributed by atoms with van der Waals surface area (Å²) in [6.07, 6.45) is 3.56. The molecule has 0 aliphatic heterocycles. The van der Waals surface area contributed by atoms with Crippen LogP contribution >= 0.6 is 0 Å². The lowest BCUT2D eigenvalue weighted by Gasteiger charge is -2.08. The van der Waals surface area contributed by atoms with E-state index in [2.05, 4.69) is 10.3 Å². The summed E-state index contributed by atoms with van der Waals surface area (Å²) in [6.45, 7) is 3.21. The van der Waals surface area contributed by atoms with Crippen LogP contribution in [-0.2, 0) is 13.1 Å². The quantitative estimate of drug-likeness (QED) is 0.652. The van der Waals surface area contributed by atoms with E-state index in [1.807, 2.05) is 19.2 Å². The topological polar surface area (TPSA) is 77.3 Å². The van der Waals surface area contributed by atoms with E-state index in [0.29, 0.717) is 18.8 Å². The number of aromatic nitrogens is 1. The van der Waals surface area contributed by atoms with Gasteiger partial charge in [-0.3, -0.25) is 15.1 Å². The summed E-state index contributed by atoms with van der Waals surface area (Å²) in [4.78, 5) is 14.5. The lowest BCUT2D eigenvalue weighted by atomic mass is 10.1. The highest BCUT2D eigenvalue weighted by Gasteiger charge is 2.10. The predicted molar refractivity (Wildman–Crippen MR) is 79.2 cm³/mol. The second kappa shape index (κ2) is 6.81. The van der Waals surface area contributed by atoms with Gasteiger partial charge in [0, 0.05) is 31.5 Å². The Balaban J connectivity index is 2.04. The molecule has 1 aromatic heterocycles. The number of nitro groups is 1. The molecule has 6 nitrogen and oxygen atoms in total. The van der Waals surface area contributed by atoms with Gasteiger partial charge in [0.1, 0.15) is 5.75 Å². The summed E-state index contributed by atoms with van der Waals surface area (Å²) in [5, 5.41) is 14.2. The van der Waals surface area contributed by atoms with Gasteiger partial charge in [0.2, 0.25) is 0 Å². The minimum absolute atomic E-state index is 0.0336. The number of ether oxygens (including phenoxy) is 1. The van der Waals surface area contributed by atoms with Crippen LogP contribution in [0.2, 0.25) is 0 Å². The molecule has 0 spiro atoms. The first-order chi connectivity index (χ1) is 10.1. The van der Waals surface area contributed by atoms with E-state index in [-0.39, 0.29) is 5.69 Å². The van der Waals surface area contributed by atoms with Gasteiger partial charge in [-0.05, 0) is 35.7 Å². The number of non-ortho nitro benzene ring substituents is 1. The molecule has 0 unspecified atom stereocenters. The Morgan fingerprint density at radius 1 is 1.33 bits per heavy atom. The van der Waals surface area contributed by atoms with Crippen LogP contribution in [0.4, 0.5) is 5.69 Å². The fourth-order valence-electron chi connectivity index (χ4n) is 2.01. The second-order valence-corrected chi connectivity index (χ2v) is 4.70. The van der Waals surface area contributed by atoms with Gasteiger partial charge in [-0.1, -0.05) is 0 Å². The molecule has 0 saturated carbocycles. The minimum atomic E-state index is -0.418. The third kappa shape index (κ3) is 4.00. The first-order valence-electron chi connectivity index (χ1n) is 6.52. The van der Waals surface area contributed by atoms with Crippen LogP contribution < -0.4 is 10.1 Å². The molecule has 0 saturated heterocycles. The number of methoxy groups -OCH3 is 1. The highest BCUT2D eigenvalue weighted by molar-refractivity contribution is 5.42. The second-order valence-electron chi connectivity index (χ2n) is 4.70. The Bertz CT molecular complexity index is 644. The van der Waals surface area contributed by atoms with Crippen LogP contribution in [0.5, 0.6) is 5.75 Å². The van der Waals surface area contributed by atoms with E-state index < -0.39 is 4.92 Å². The third-order valence-electron chi connectivity index (χ3n) is 3.18. The Hall–Kier alpha value is -2.47. The van der Waals surface area contributed by atoms with E-state index in [0.717, 1.165) is 16.7 Å². The minimum Gasteiger partial charge on any atom is -0.496 e. The third-order valence-corrected chi connectivity index (χ3v) is 3.18. The van der Waals surface area contributed by atoms with Crippen molar-refractivity contribution in [1.82, 2.24) is 10.3 Å². The number of nitrogens with zero attached hydrogens (tertiary/aromatic N) is 2. The molecule has 0 radical (unpaired) electrons. The zero-order valence-electron chi connectivity index (χ0n) is 12.0. The molecule has 2 aromatic rings. The number of hydrogen-bond donors (Lipinski definition) is 1. The average Bonchev–Trinajstić information content (AvgIpc) is 2.49. The number of pyridine rings is 1. The van der Waals surface area contributed by atoms with Crippen molar-refractivity contribution in [2.24, 2.45) is 0 Å². The monoisotopic (exact) mass is 287 g/mol. The zero-order chi connectivity index (χ0) is 15.2. The first kappa shape index (κ1) is 14.9. The fourth-order valence-corrected chi connectivity index (χ4v) is 2.01. The van der Waals surface area contributed by atoms with Crippen molar-refractivity contribution in [2.75, 3.05) is 7.11 Å². The highest BCUT2D eigenvalue weighted by atomic mass is 16.6. The van der Waals surface area contributed by atoms with Crippen molar-refractivity contribution in [1.29, 1.82) is 0 Å². The van der Waals surface area contributed by atoms with Gasteiger partial charge >= 0.3 is 0 Å². The molecule has 0 bridgehead atoms. The van der Waals surface area contributed by atoms with Crippen LogP contribution in [0.15, 0.2) is 36.7 Å². The molecule has 0 fully saturated rings. The largest absolute Gasteiger partial charge is 0.496 e. The Kier molecular flexibility index (Phi) is 4.84. The van der Waals surface area contributed by atoms with Crippen LogP contribution in [0.1, 0.15) is 16.7 Å². The van der Waals surface area contributed by atoms with Gasteiger partial charge in [-0.2, -0.15) is 0 Å². The molecule has 1 N–H and O–H groups in total. The molecular formula is C15H17N3O3. The summed E-state index contributed by atoms with van der Waals surface area (Å²) >= 11 is 0. The molecule has 1 aromatic carbocycles. The van der Waals surface area contributed by atoms with Gasteiger partial charge in [-0.25, -0.2) is 0 Å². The fraction of sp³-hybridized carbons (Fsp3) is 0.267. The maximum atomic E-state index is 10.9. The number of aryl methyl sites for hydroxylation is 1. The predicted octanol–water partition coefficient (Wildman–Crippen LogP) is 2.60. The van der Waals surface area contributed by atoms with Gasteiger partial charge in [0.25, 0.3) is 5.69 Å². The maximum absolute atomic E-state index is 10.9. The molecule has 6 heteroatoms. The zero-order valence-corrected chi connectivity index (χ0v) is 12.0. The number of rotatable bonds is 6. The molecule has 110 valence electrons. The smallest absolute Gasteiger partial charge is 0.273 e. The van der Waals surface area contributed by atoms with E-state index in [1.54, 1.807) is 18.3 Å². The van der Waals surface area contributed by atoms with Crippen LogP contribution in [-0.4, -0.2) is 17.0 Å². The molecule has 2 rings (SSSR count).